The molecule has 0 aliphatic heterocycles. The van der Waals surface area contributed by atoms with E-state index in [0.29, 0.717) is 22.2 Å². The Bertz CT molecular complexity index is 721. The fraction of sp³-hybridized carbons (Fsp3) is 0.188. The number of aliphatic hydroxyl groups excluding tert-OH is 1. The van der Waals surface area contributed by atoms with Crippen molar-refractivity contribution in [3.05, 3.63) is 63.6 Å². The number of carbonyl (C=O) groups is 1. The molecule has 0 saturated heterocycles. The fourth-order valence-electron chi connectivity index (χ4n) is 2.64. The van der Waals surface area contributed by atoms with E-state index < -0.39 is 18.2 Å². The van der Waals surface area contributed by atoms with E-state index in [1.165, 1.54) is 0 Å². The topological polar surface area (TPSA) is 61.4 Å². The highest BCUT2D eigenvalue weighted by Gasteiger charge is 2.31. The zero-order valence-corrected chi connectivity index (χ0v) is 13.0. The van der Waals surface area contributed by atoms with Gasteiger partial charge >= 0.3 is 6.03 Å². The van der Waals surface area contributed by atoms with Crippen LogP contribution >= 0.6 is 23.2 Å². The van der Waals surface area contributed by atoms with Crippen molar-refractivity contribution >= 4 is 34.9 Å². The van der Waals surface area contributed by atoms with Gasteiger partial charge in [0.15, 0.2) is 0 Å². The van der Waals surface area contributed by atoms with Gasteiger partial charge in [-0.3, -0.25) is 0 Å². The molecule has 0 saturated carbocycles. The average Bonchev–Trinajstić information content (AvgIpc) is 2.79. The number of aliphatic hydroxyl groups is 1. The first kappa shape index (κ1) is 15.2. The molecule has 4 nitrogen and oxygen atoms in total. The Morgan fingerprint density at radius 3 is 2.77 bits per heavy atom. The van der Waals surface area contributed by atoms with E-state index in [-0.39, 0.29) is 0 Å². The smallest absolute Gasteiger partial charge is 0.319 e. The summed E-state index contributed by atoms with van der Waals surface area (Å²) in [4.78, 5) is 12.2. The molecule has 0 radical (unpaired) electrons. The summed E-state index contributed by atoms with van der Waals surface area (Å²) in [5.74, 6) is 0. The first-order valence-electron chi connectivity index (χ1n) is 6.83. The van der Waals surface area contributed by atoms with Crippen LogP contribution in [0.2, 0.25) is 10.0 Å². The molecule has 3 N–H and O–H groups in total. The second-order valence-corrected chi connectivity index (χ2v) is 6.01. The molecule has 114 valence electrons. The van der Waals surface area contributed by atoms with Crippen LogP contribution in [0.3, 0.4) is 0 Å². The third-order valence-electron chi connectivity index (χ3n) is 3.67. The monoisotopic (exact) mass is 336 g/mol. The number of rotatable bonds is 2. The molecular weight excluding hydrogens is 323 g/mol. The summed E-state index contributed by atoms with van der Waals surface area (Å²) in [6.45, 7) is 0. The molecule has 2 atom stereocenters. The molecule has 1 aliphatic carbocycles. The number of amides is 2. The van der Waals surface area contributed by atoms with E-state index in [0.717, 1.165) is 11.1 Å². The van der Waals surface area contributed by atoms with Crippen LogP contribution in [0.4, 0.5) is 10.5 Å². The number of carbonyl (C=O) groups excluding carboxylic acids is 1. The van der Waals surface area contributed by atoms with E-state index in [1.807, 2.05) is 24.3 Å². The van der Waals surface area contributed by atoms with Crippen LogP contribution in [0, 0.1) is 0 Å². The number of hydrogen-bond acceptors (Lipinski definition) is 2. The van der Waals surface area contributed by atoms with Crippen molar-refractivity contribution in [2.75, 3.05) is 5.32 Å². The lowest BCUT2D eigenvalue weighted by Gasteiger charge is -2.18. The van der Waals surface area contributed by atoms with Crippen LogP contribution in [-0.2, 0) is 6.42 Å². The highest BCUT2D eigenvalue weighted by molar-refractivity contribution is 6.35. The van der Waals surface area contributed by atoms with Crippen molar-refractivity contribution in [2.24, 2.45) is 0 Å². The fourth-order valence-corrected chi connectivity index (χ4v) is 2.98. The van der Waals surface area contributed by atoms with E-state index in [4.69, 9.17) is 23.2 Å². The molecular formula is C16H14Cl2N2O2. The van der Waals surface area contributed by atoms with Gasteiger partial charge < -0.3 is 15.7 Å². The van der Waals surface area contributed by atoms with E-state index >= 15 is 0 Å². The van der Waals surface area contributed by atoms with Crippen LogP contribution in [0.1, 0.15) is 17.2 Å². The van der Waals surface area contributed by atoms with Crippen molar-refractivity contribution < 1.29 is 9.90 Å². The van der Waals surface area contributed by atoms with Gasteiger partial charge in [0.2, 0.25) is 0 Å². The van der Waals surface area contributed by atoms with Crippen LogP contribution in [-0.4, -0.2) is 17.2 Å². The molecule has 6 heteroatoms. The molecule has 2 aromatic rings. The molecule has 22 heavy (non-hydrogen) atoms. The summed E-state index contributed by atoms with van der Waals surface area (Å²) in [7, 11) is 0. The summed E-state index contributed by atoms with van der Waals surface area (Å²) >= 11 is 11.9. The van der Waals surface area contributed by atoms with Crippen LogP contribution in [0.25, 0.3) is 0 Å². The van der Waals surface area contributed by atoms with Crippen molar-refractivity contribution in [3.8, 4) is 0 Å². The molecule has 2 unspecified atom stereocenters. The Hall–Kier alpha value is -1.75. The van der Waals surface area contributed by atoms with Gasteiger partial charge in [-0.15, -0.1) is 0 Å². The van der Waals surface area contributed by atoms with Gasteiger partial charge in [-0.05, 0) is 29.3 Å². The van der Waals surface area contributed by atoms with Gasteiger partial charge in [0.1, 0.15) is 0 Å². The molecule has 2 aromatic carbocycles. The number of hydrogen-bond donors (Lipinski definition) is 3. The lowest BCUT2D eigenvalue weighted by Crippen LogP contribution is -2.36. The van der Waals surface area contributed by atoms with Crippen LogP contribution in [0.15, 0.2) is 42.5 Å². The summed E-state index contributed by atoms with van der Waals surface area (Å²) in [5.41, 5.74) is 2.40. The number of anilines is 1. The maximum atomic E-state index is 12.2. The SMILES string of the molecule is O=C(Nc1cc(Cl)ccc1Cl)NC1c2ccccc2CC1O. The Labute approximate surface area is 138 Å². The van der Waals surface area contributed by atoms with E-state index in [2.05, 4.69) is 10.6 Å². The zero-order valence-electron chi connectivity index (χ0n) is 11.5. The minimum atomic E-state index is -0.641. The quantitative estimate of drug-likeness (QED) is 0.781. The van der Waals surface area contributed by atoms with Crippen molar-refractivity contribution in [1.29, 1.82) is 0 Å². The molecule has 0 heterocycles. The van der Waals surface area contributed by atoms with Gasteiger partial charge in [0, 0.05) is 11.4 Å². The highest BCUT2D eigenvalue weighted by atomic mass is 35.5. The van der Waals surface area contributed by atoms with Crippen LogP contribution in [0.5, 0.6) is 0 Å². The van der Waals surface area contributed by atoms with E-state index in [9.17, 15) is 9.90 Å². The molecule has 0 spiro atoms. The standard InChI is InChI=1S/C16H14Cl2N2O2/c17-10-5-6-12(18)13(8-10)19-16(22)20-15-11-4-2-1-3-9(11)7-14(15)21/h1-6,8,14-15,21H,7H2,(H2,19,20,22). The van der Waals surface area contributed by atoms with E-state index in [1.54, 1.807) is 18.2 Å². The maximum absolute atomic E-state index is 12.2. The number of fused-ring (bicyclic) bond motifs is 1. The zero-order chi connectivity index (χ0) is 15.7. The van der Waals surface area contributed by atoms with Gasteiger partial charge in [-0.25, -0.2) is 4.79 Å². The number of nitrogens with one attached hydrogen (secondary N) is 2. The summed E-state index contributed by atoms with van der Waals surface area (Å²) < 4.78 is 0. The third-order valence-corrected chi connectivity index (χ3v) is 4.23. The number of urea groups is 1. The summed E-state index contributed by atoms with van der Waals surface area (Å²) in [6, 6.07) is 11.6. The largest absolute Gasteiger partial charge is 0.390 e. The molecule has 0 aromatic heterocycles. The number of benzene rings is 2. The summed E-state index contributed by atoms with van der Waals surface area (Å²) in [6.07, 6.45) is -0.114. The van der Waals surface area contributed by atoms with Crippen molar-refractivity contribution in [2.45, 2.75) is 18.6 Å². The minimum absolute atomic E-state index is 0.395. The van der Waals surface area contributed by atoms with Crippen molar-refractivity contribution in [1.82, 2.24) is 5.32 Å². The predicted molar refractivity (Wildman–Crippen MR) is 87.5 cm³/mol. The Morgan fingerprint density at radius 2 is 1.95 bits per heavy atom. The third kappa shape index (κ3) is 3.04. The predicted octanol–water partition coefficient (Wildman–Crippen LogP) is 3.77. The second-order valence-electron chi connectivity index (χ2n) is 5.17. The first-order chi connectivity index (χ1) is 10.5. The minimum Gasteiger partial charge on any atom is -0.390 e. The van der Waals surface area contributed by atoms with Gasteiger partial charge in [0.05, 0.1) is 22.9 Å². The molecule has 3 rings (SSSR count). The summed E-state index contributed by atoms with van der Waals surface area (Å²) in [5, 5.41) is 16.4. The molecule has 0 bridgehead atoms. The average molecular weight is 337 g/mol. The number of halogens is 2. The van der Waals surface area contributed by atoms with Gasteiger partial charge in [0.25, 0.3) is 0 Å². The van der Waals surface area contributed by atoms with Gasteiger partial charge in [-0.2, -0.15) is 0 Å². The normalized spacial score (nSPS) is 19.6. The molecule has 0 fully saturated rings. The highest BCUT2D eigenvalue weighted by Crippen LogP contribution is 2.31. The lowest BCUT2D eigenvalue weighted by molar-refractivity contribution is 0.144. The second kappa shape index (κ2) is 6.16. The van der Waals surface area contributed by atoms with Crippen LogP contribution < -0.4 is 10.6 Å². The van der Waals surface area contributed by atoms with Gasteiger partial charge in [-0.1, -0.05) is 47.5 Å². The van der Waals surface area contributed by atoms with Crippen molar-refractivity contribution in [3.63, 3.8) is 0 Å². The first-order valence-corrected chi connectivity index (χ1v) is 7.58. The maximum Gasteiger partial charge on any atom is 0.319 e. The molecule has 2 amide bonds. The Morgan fingerprint density at radius 1 is 1.18 bits per heavy atom. The Kier molecular flexibility index (Phi) is 4.25. The Balaban J connectivity index is 1.73. The lowest BCUT2D eigenvalue weighted by atomic mass is 10.1. The molecule has 1 aliphatic rings.